The van der Waals surface area contributed by atoms with Gasteiger partial charge in [0.05, 0.1) is 0 Å². The molecule has 0 radical (unpaired) electrons. The van der Waals surface area contributed by atoms with Crippen LogP contribution < -0.4 is 0 Å². The summed E-state index contributed by atoms with van der Waals surface area (Å²) >= 11 is 0. The molecule has 0 heterocycles. The van der Waals surface area contributed by atoms with Crippen LogP contribution in [0.1, 0.15) is 41.0 Å². The van der Waals surface area contributed by atoms with Crippen LogP contribution >= 0.6 is 0 Å². The highest BCUT2D eigenvalue weighted by Crippen LogP contribution is 2.36. The van der Waals surface area contributed by atoms with Gasteiger partial charge < -0.3 is 0 Å². The van der Waals surface area contributed by atoms with Gasteiger partial charge in [-0.15, -0.1) is 6.58 Å². The van der Waals surface area contributed by atoms with Crippen LogP contribution in [0.25, 0.3) is 0 Å². The first-order valence-electron chi connectivity index (χ1n) is 8.05. The third kappa shape index (κ3) is 3.23. The SMILES string of the molecule is C=CCCc1cc(F)c(C2CCc3cc(F)c(F)cc3C2)c(F)c1. The summed E-state index contributed by atoms with van der Waals surface area (Å²) in [6.45, 7) is 3.60. The van der Waals surface area contributed by atoms with E-state index in [-0.39, 0.29) is 11.5 Å². The molecule has 0 spiro atoms. The molecule has 1 unspecified atom stereocenters. The Labute approximate surface area is 138 Å². The molecule has 0 fully saturated rings. The number of halogens is 4. The van der Waals surface area contributed by atoms with E-state index in [4.69, 9.17) is 0 Å². The summed E-state index contributed by atoms with van der Waals surface area (Å²) in [5.41, 5.74) is 1.99. The van der Waals surface area contributed by atoms with E-state index in [1.807, 2.05) is 0 Å². The zero-order valence-corrected chi connectivity index (χ0v) is 13.2. The molecular formula is C20H18F4. The lowest BCUT2D eigenvalue weighted by Crippen LogP contribution is -2.16. The van der Waals surface area contributed by atoms with Gasteiger partial charge in [-0.2, -0.15) is 0 Å². The Morgan fingerprint density at radius 3 is 2.17 bits per heavy atom. The third-order valence-corrected chi connectivity index (χ3v) is 4.66. The molecule has 0 aliphatic heterocycles. The summed E-state index contributed by atoms with van der Waals surface area (Å²) in [5.74, 6) is -3.29. The molecule has 0 nitrogen and oxygen atoms in total. The largest absolute Gasteiger partial charge is 0.207 e. The normalized spacial score (nSPS) is 16.8. The number of aryl methyl sites for hydroxylation is 2. The zero-order valence-electron chi connectivity index (χ0n) is 13.2. The van der Waals surface area contributed by atoms with E-state index in [1.54, 1.807) is 6.08 Å². The van der Waals surface area contributed by atoms with Crippen LogP contribution in [0.4, 0.5) is 17.6 Å². The number of hydrogen-bond donors (Lipinski definition) is 0. The van der Waals surface area contributed by atoms with E-state index in [1.165, 1.54) is 18.2 Å². The van der Waals surface area contributed by atoms with Crippen LogP contribution in [0.5, 0.6) is 0 Å². The molecule has 4 heteroatoms. The Hall–Kier alpha value is -2.10. The number of rotatable bonds is 4. The number of benzene rings is 2. The molecule has 1 atom stereocenters. The second-order valence-corrected chi connectivity index (χ2v) is 6.28. The summed E-state index contributed by atoms with van der Waals surface area (Å²) in [6.07, 6.45) is 4.20. The first-order chi connectivity index (χ1) is 11.5. The third-order valence-electron chi connectivity index (χ3n) is 4.66. The molecule has 0 aromatic heterocycles. The summed E-state index contributed by atoms with van der Waals surface area (Å²) in [4.78, 5) is 0. The number of hydrogen-bond acceptors (Lipinski definition) is 0. The van der Waals surface area contributed by atoms with Gasteiger partial charge in [0.25, 0.3) is 0 Å². The van der Waals surface area contributed by atoms with Crippen molar-refractivity contribution in [3.05, 3.63) is 82.4 Å². The second-order valence-electron chi connectivity index (χ2n) is 6.28. The predicted octanol–water partition coefficient (Wildman–Crippen LogP) is 5.63. The highest BCUT2D eigenvalue weighted by Gasteiger charge is 2.27. The molecule has 1 aliphatic rings. The molecule has 0 bridgehead atoms. The maximum absolute atomic E-state index is 14.4. The van der Waals surface area contributed by atoms with Crippen molar-refractivity contribution in [2.45, 2.75) is 38.0 Å². The van der Waals surface area contributed by atoms with E-state index < -0.39 is 23.3 Å². The van der Waals surface area contributed by atoms with Crippen molar-refractivity contribution in [2.24, 2.45) is 0 Å². The molecule has 0 amide bonds. The Morgan fingerprint density at radius 1 is 0.917 bits per heavy atom. The lowest BCUT2D eigenvalue weighted by atomic mass is 9.79. The molecule has 1 aliphatic carbocycles. The fourth-order valence-electron chi connectivity index (χ4n) is 3.44. The Kier molecular flexibility index (Phi) is 4.74. The monoisotopic (exact) mass is 334 g/mol. The first-order valence-corrected chi connectivity index (χ1v) is 8.05. The number of fused-ring (bicyclic) bond motifs is 1. The topological polar surface area (TPSA) is 0 Å². The minimum atomic E-state index is -0.921. The van der Waals surface area contributed by atoms with Crippen LogP contribution in [-0.4, -0.2) is 0 Å². The van der Waals surface area contributed by atoms with E-state index in [2.05, 4.69) is 6.58 Å². The second kappa shape index (κ2) is 6.80. The van der Waals surface area contributed by atoms with E-state index in [9.17, 15) is 17.6 Å². The molecule has 3 rings (SSSR count). The Balaban J connectivity index is 1.90. The van der Waals surface area contributed by atoms with Crippen LogP contribution in [0.15, 0.2) is 36.9 Å². The van der Waals surface area contributed by atoms with Crippen LogP contribution in [0.3, 0.4) is 0 Å². The highest BCUT2D eigenvalue weighted by atomic mass is 19.2. The maximum Gasteiger partial charge on any atom is 0.159 e. The van der Waals surface area contributed by atoms with Crippen LogP contribution in [0, 0.1) is 23.3 Å². The van der Waals surface area contributed by atoms with Crippen molar-refractivity contribution in [1.29, 1.82) is 0 Å². The van der Waals surface area contributed by atoms with Gasteiger partial charge in [-0.25, -0.2) is 17.6 Å². The molecular weight excluding hydrogens is 316 g/mol. The van der Waals surface area contributed by atoms with Gasteiger partial charge in [-0.3, -0.25) is 0 Å². The standard InChI is InChI=1S/C20H18F4/c1-2-3-4-12-7-18(23)20(19(24)8-12)14-6-5-13-10-16(21)17(22)11-15(13)9-14/h2,7-8,10-11,14H,1,3-6,9H2. The van der Waals surface area contributed by atoms with Gasteiger partial charge in [0.2, 0.25) is 0 Å². The average molecular weight is 334 g/mol. The van der Waals surface area contributed by atoms with Crippen molar-refractivity contribution in [1.82, 2.24) is 0 Å². The fourth-order valence-corrected chi connectivity index (χ4v) is 3.44. The molecule has 0 saturated heterocycles. The quantitative estimate of drug-likeness (QED) is 0.502. The van der Waals surface area contributed by atoms with Crippen molar-refractivity contribution in [2.75, 3.05) is 0 Å². The summed E-state index contributed by atoms with van der Waals surface area (Å²) in [7, 11) is 0. The highest BCUT2D eigenvalue weighted by molar-refractivity contribution is 5.37. The molecule has 24 heavy (non-hydrogen) atoms. The fraction of sp³-hybridized carbons (Fsp3) is 0.300. The predicted molar refractivity (Wildman–Crippen MR) is 86.0 cm³/mol. The first kappa shape index (κ1) is 16.7. The lowest BCUT2D eigenvalue weighted by Gasteiger charge is -2.26. The minimum absolute atomic E-state index is 0.0488. The molecule has 0 saturated carbocycles. The Morgan fingerprint density at radius 2 is 1.54 bits per heavy atom. The van der Waals surface area contributed by atoms with Crippen molar-refractivity contribution in [3.8, 4) is 0 Å². The molecule has 0 N–H and O–H groups in total. The maximum atomic E-state index is 14.4. The van der Waals surface area contributed by atoms with Gasteiger partial charge >= 0.3 is 0 Å². The van der Waals surface area contributed by atoms with E-state index in [0.29, 0.717) is 48.8 Å². The van der Waals surface area contributed by atoms with Crippen LogP contribution in [-0.2, 0) is 19.3 Å². The van der Waals surface area contributed by atoms with Gasteiger partial charge in [0.15, 0.2) is 11.6 Å². The van der Waals surface area contributed by atoms with Crippen molar-refractivity contribution < 1.29 is 17.6 Å². The van der Waals surface area contributed by atoms with E-state index >= 15 is 0 Å². The molecule has 2 aromatic carbocycles. The lowest BCUT2D eigenvalue weighted by molar-refractivity contribution is 0.476. The average Bonchev–Trinajstić information content (AvgIpc) is 2.53. The smallest absolute Gasteiger partial charge is 0.159 e. The van der Waals surface area contributed by atoms with Crippen LogP contribution in [0.2, 0.25) is 0 Å². The van der Waals surface area contributed by atoms with Gasteiger partial charge in [-0.1, -0.05) is 6.08 Å². The number of allylic oxidation sites excluding steroid dienone is 1. The Bertz CT molecular complexity index is 756. The summed E-state index contributed by atoms with van der Waals surface area (Å²) in [6, 6.07) is 5.06. The molecule has 2 aromatic rings. The van der Waals surface area contributed by atoms with Gasteiger partial charge in [-0.05, 0) is 79.0 Å². The van der Waals surface area contributed by atoms with Crippen molar-refractivity contribution >= 4 is 0 Å². The zero-order chi connectivity index (χ0) is 17.3. The van der Waals surface area contributed by atoms with Crippen molar-refractivity contribution in [3.63, 3.8) is 0 Å². The summed E-state index contributed by atoms with van der Waals surface area (Å²) in [5, 5.41) is 0. The van der Waals surface area contributed by atoms with Gasteiger partial charge in [0.1, 0.15) is 11.6 Å². The van der Waals surface area contributed by atoms with Gasteiger partial charge in [0, 0.05) is 5.56 Å². The minimum Gasteiger partial charge on any atom is -0.207 e. The van der Waals surface area contributed by atoms with E-state index in [0.717, 1.165) is 6.07 Å². The molecule has 126 valence electrons. The summed E-state index contributed by atoms with van der Waals surface area (Å²) < 4.78 is 55.6.